The molecule has 1 aromatic carbocycles. The van der Waals surface area contributed by atoms with E-state index in [0.717, 1.165) is 10.6 Å². The van der Waals surface area contributed by atoms with Gasteiger partial charge in [-0.25, -0.2) is 4.98 Å². The fraction of sp³-hybridized carbons (Fsp3) is 0.133. The molecule has 1 unspecified atom stereocenters. The van der Waals surface area contributed by atoms with Gasteiger partial charge in [-0.2, -0.15) is 0 Å². The van der Waals surface area contributed by atoms with Crippen LogP contribution in [0.5, 0.6) is 0 Å². The number of rotatable bonds is 4. The lowest BCUT2D eigenvalue weighted by Gasteiger charge is -2.04. The Balaban J connectivity index is 1.77. The number of hydrogen-bond donors (Lipinski definition) is 0. The molecule has 20 heavy (non-hydrogen) atoms. The summed E-state index contributed by atoms with van der Waals surface area (Å²) in [5.74, 6) is 1.16. The van der Waals surface area contributed by atoms with E-state index in [1.165, 1.54) is 0 Å². The van der Waals surface area contributed by atoms with Crippen molar-refractivity contribution in [1.82, 2.24) is 15.2 Å². The normalized spacial score (nSPS) is 12.2. The molecule has 0 saturated carbocycles. The van der Waals surface area contributed by atoms with Gasteiger partial charge in [0.25, 0.3) is 0 Å². The van der Waals surface area contributed by atoms with Crippen molar-refractivity contribution in [3.8, 4) is 11.5 Å². The highest BCUT2D eigenvalue weighted by Crippen LogP contribution is 2.33. The number of aromatic nitrogens is 3. The van der Waals surface area contributed by atoms with E-state index in [9.17, 15) is 0 Å². The molecular weight excluding hydrogens is 270 g/mol. The highest BCUT2D eigenvalue weighted by atomic mass is 32.2. The maximum Gasteiger partial charge on any atom is 0.247 e. The van der Waals surface area contributed by atoms with Crippen molar-refractivity contribution in [2.45, 2.75) is 17.2 Å². The Morgan fingerprint density at radius 2 is 1.80 bits per heavy atom. The predicted octanol–water partition coefficient (Wildman–Crippen LogP) is 3.98. The first kappa shape index (κ1) is 12.9. The minimum Gasteiger partial charge on any atom is -0.419 e. The fourth-order valence-corrected chi connectivity index (χ4v) is 2.58. The van der Waals surface area contributed by atoms with E-state index in [4.69, 9.17) is 4.42 Å². The van der Waals surface area contributed by atoms with Crippen LogP contribution in [0, 0.1) is 0 Å². The molecule has 0 radical (unpaired) electrons. The SMILES string of the molecule is CC(Sc1ccccn1)c1nnc(-c2ccccc2)o1. The minimum absolute atomic E-state index is 0.0647. The average molecular weight is 283 g/mol. The number of nitrogens with zero attached hydrogens (tertiary/aromatic N) is 3. The van der Waals surface area contributed by atoms with Crippen molar-refractivity contribution >= 4 is 11.8 Å². The highest BCUT2D eigenvalue weighted by Gasteiger charge is 2.16. The lowest BCUT2D eigenvalue weighted by molar-refractivity contribution is 0.509. The van der Waals surface area contributed by atoms with Gasteiger partial charge in [-0.3, -0.25) is 0 Å². The fourth-order valence-electron chi connectivity index (χ4n) is 1.74. The third-order valence-electron chi connectivity index (χ3n) is 2.74. The van der Waals surface area contributed by atoms with Gasteiger partial charge in [0.1, 0.15) is 0 Å². The van der Waals surface area contributed by atoms with Gasteiger partial charge in [-0.05, 0) is 31.2 Å². The largest absolute Gasteiger partial charge is 0.419 e. The summed E-state index contributed by atoms with van der Waals surface area (Å²) in [6.45, 7) is 2.03. The van der Waals surface area contributed by atoms with Gasteiger partial charge in [0, 0.05) is 11.8 Å². The van der Waals surface area contributed by atoms with E-state index in [1.807, 2.05) is 55.5 Å². The van der Waals surface area contributed by atoms with Crippen LogP contribution in [0.1, 0.15) is 18.1 Å². The number of thioether (sulfide) groups is 1. The molecule has 0 aliphatic carbocycles. The summed E-state index contributed by atoms with van der Waals surface area (Å²) in [5.41, 5.74) is 0.932. The van der Waals surface area contributed by atoms with Crippen molar-refractivity contribution in [2.24, 2.45) is 0 Å². The Morgan fingerprint density at radius 3 is 2.55 bits per heavy atom. The van der Waals surface area contributed by atoms with Crippen LogP contribution in [0.15, 0.2) is 64.2 Å². The van der Waals surface area contributed by atoms with Gasteiger partial charge < -0.3 is 4.42 Å². The van der Waals surface area contributed by atoms with E-state index in [2.05, 4.69) is 15.2 Å². The summed E-state index contributed by atoms with van der Waals surface area (Å²) in [4.78, 5) is 4.28. The van der Waals surface area contributed by atoms with Crippen molar-refractivity contribution in [1.29, 1.82) is 0 Å². The van der Waals surface area contributed by atoms with Crippen molar-refractivity contribution in [2.75, 3.05) is 0 Å². The average Bonchev–Trinajstić information content (AvgIpc) is 2.99. The van der Waals surface area contributed by atoms with E-state index in [-0.39, 0.29) is 5.25 Å². The molecule has 1 atom stereocenters. The molecule has 0 N–H and O–H groups in total. The minimum atomic E-state index is 0.0647. The molecule has 0 fully saturated rings. The maximum absolute atomic E-state index is 5.73. The van der Waals surface area contributed by atoms with Crippen LogP contribution in [-0.4, -0.2) is 15.2 Å². The molecule has 0 aliphatic rings. The summed E-state index contributed by atoms with van der Waals surface area (Å²) in [6.07, 6.45) is 1.78. The van der Waals surface area contributed by atoms with Gasteiger partial charge in [0.05, 0.1) is 10.3 Å². The summed E-state index contributed by atoms with van der Waals surface area (Å²) < 4.78 is 5.73. The van der Waals surface area contributed by atoms with Crippen molar-refractivity contribution in [3.63, 3.8) is 0 Å². The third-order valence-corrected chi connectivity index (χ3v) is 3.78. The molecule has 3 aromatic rings. The first-order chi connectivity index (χ1) is 9.83. The number of pyridine rings is 1. The van der Waals surface area contributed by atoms with E-state index in [1.54, 1.807) is 18.0 Å². The lowest BCUT2D eigenvalue weighted by atomic mass is 10.2. The van der Waals surface area contributed by atoms with Crippen LogP contribution in [0.3, 0.4) is 0 Å². The van der Waals surface area contributed by atoms with Crippen molar-refractivity contribution in [3.05, 3.63) is 60.6 Å². The van der Waals surface area contributed by atoms with Gasteiger partial charge >= 0.3 is 0 Å². The number of benzene rings is 1. The number of hydrogen-bond acceptors (Lipinski definition) is 5. The zero-order valence-electron chi connectivity index (χ0n) is 10.9. The molecule has 0 saturated heterocycles. The topological polar surface area (TPSA) is 51.8 Å². The second-order valence-corrected chi connectivity index (χ2v) is 5.60. The molecule has 100 valence electrons. The van der Waals surface area contributed by atoms with Gasteiger partial charge in [-0.15, -0.1) is 10.2 Å². The van der Waals surface area contributed by atoms with Gasteiger partial charge in [-0.1, -0.05) is 36.0 Å². The molecule has 4 nitrogen and oxygen atoms in total. The summed E-state index contributed by atoms with van der Waals surface area (Å²) in [5, 5.41) is 9.23. The van der Waals surface area contributed by atoms with Crippen molar-refractivity contribution < 1.29 is 4.42 Å². The maximum atomic E-state index is 5.73. The van der Waals surface area contributed by atoms with Crippen LogP contribution in [0.2, 0.25) is 0 Å². The smallest absolute Gasteiger partial charge is 0.247 e. The third kappa shape index (κ3) is 2.88. The van der Waals surface area contributed by atoms with Crippen LogP contribution >= 0.6 is 11.8 Å². The molecular formula is C15H13N3OS. The summed E-state index contributed by atoms with van der Waals surface area (Å²) >= 11 is 1.60. The zero-order chi connectivity index (χ0) is 13.8. The molecule has 0 spiro atoms. The highest BCUT2D eigenvalue weighted by molar-refractivity contribution is 7.99. The summed E-state index contributed by atoms with van der Waals surface area (Å²) in [6, 6.07) is 15.6. The molecule has 0 aliphatic heterocycles. The molecule has 3 rings (SSSR count). The second kappa shape index (κ2) is 5.88. The Bertz CT molecular complexity index is 670. The standard InChI is InChI=1S/C15H13N3OS/c1-11(20-13-9-5-6-10-16-13)14-17-18-15(19-14)12-7-3-2-4-8-12/h2-11H,1H3. The Morgan fingerprint density at radius 1 is 1.00 bits per heavy atom. The lowest BCUT2D eigenvalue weighted by Crippen LogP contribution is -1.89. The van der Waals surface area contributed by atoms with Gasteiger partial charge in [0.15, 0.2) is 0 Å². The Hall–Kier alpha value is -2.14. The Kier molecular flexibility index (Phi) is 3.78. The van der Waals surface area contributed by atoms with E-state index in [0.29, 0.717) is 11.8 Å². The van der Waals surface area contributed by atoms with Crippen LogP contribution in [0.4, 0.5) is 0 Å². The first-order valence-electron chi connectivity index (χ1n) is 6.29. The summed E-state index contributed by atoms with van der Waals surface area (Å²) in [7, 11) is 0. The van der Waals surface area contributed by atoms with Crippen LogP contribution in [0.25, 0.3) is 11.5 Å². The first-order valence-corrected chi connectivity index (χ1v) is 7.17. The molecule has 2 heterocycles. The second-order valence-electron chi connectivity index (χ2n) is 4.24. The molecule has 2 aromatic heterocycles. The van der Waals surface area contributed by atoms with Gasteiger partial charge in [0.2, 0.25) is 11.8 Å². The van der Waals surface area contributed by atoms with Crippen LogP contribution in [-0.2, 0) is 0 Å². The van der Waals surface area contributed by atoms with E-state index < -0.39 is 0 Å². The Labute approximate surface area is 121 Å². The predicted molar refractivity (Wildman–Crippen MR) is 78.2 cm³/mol. The molecule has 5 heteroatoms. The quantitative estimate of drug-likeness (QED) is 0.678. The zero-order valence-corrected chi connectivity index (χ0v) is 11.7. The monoisotopic (exact) mass is 283 g/mol. The molecule has 0 amide bonds. The van der Waals surface area contributed by atoms with E-state index >= 15 is 0 Å². The van der Waals surface area contributed by atoms with Crippen LogP contribution < -0.4 is 0 Å². The molecule has 0 bridgehead atoms.